The predicted molar refractivity (Wildman–Crippen MR) is 86.3 cm³/mol. The maximum atomic E-state index is 11.2. The molecule has 0 atom stereocenters. The lowest BCUT2D eigenvalue weighted by molar-refractivity contribution is -0.0377. The molecule has 0 unspecified atom stereocenters. The van der Waals surface area contributed by atoms with E-state index in [0.717, 1.165) is 18.8 Å². The van der Waals surface area contributed by atoms with Crippen LogP contribution in [0.25, 0.3) is 0 Å². The fourth-order valence-corrected chi connectivity index (χ4v) is 4.93. The first kappa shape index (κ1) is 13.8. The van der Waals surface area contributed by atoms with E-state index in [1.807, 2.05) is 0 Å². The van der Waals surface area contributed by atoms with Crippen LogP contribution in [-0.2, 0) is 5.60 Å². The van der Waals surface area contributed by atoms with Crippen LogP contribution in [0, 0.1) is 5.41 Å². The lowest BCUT2D eigenvalue weighted by atomic mass is 9.65. The first-order valence-corrected chi connectivity index (χ1v) is 9.02. The van der Waals surface area contributed by atoms with Crippen molar-refractivity contribution < 1.29 is 5.11 Å². The van der Waals surface area contributed by atoms with Crippen LogP contribution < -0.4 is 0 Å². The first-order valence-electron chi connectivity index (χ1n) is 9.02. The third-order valence-electron chi connectivity index (χ3n) is 6.80. The van der Waals surface area contributed by atoms with Crippen molar-refractivity contribution in [2.75, 3.05) is 0 Å². The second kappa shape index (κ2) is 5.12. The van der Waals surface area contributed by atoms with Crippen molar-refractivity contribution in [1.29, 1.82) is 0 Å². The van der Waals surface area contributed by atoms with E-state index in [2.05, 4.69) is 24.3 Å². The molecule has 1 spiro atoms. The summed E-state index contributed by atoms with van der Waals surface area (Å²) >= 11 is 0. The smallest absolute Gasteiger partial charge is 0.0897 e. The molecule has 3 saturated carbocycles. The van der Waals surface area contributed by atoms with Crippen LogP contribution in [0.5, 0.6) is 0 Å². The molecule has 114 valence electrons. The van der Waals surface area contributed by atoms with Crippen molar-refractivity contribution in [3.63, 3.8) is 0 Å². The monoisotopic (exact) mass is 284 g/mol. The van der Waals surface area contributed by atoms with Crippen LogP contribution in [0.3, 0.4) is 0 Å². The van der Waals surface area contributed by atoms with Gasteiger partial charge < -0.3 is 5.11 Å². The van der Waals surface area contributed by atoms with E-state index in [-0.39, 0.29) is 0 Å². The summed E-state index contributed by atoms with van der Waals surface area (Å²) in [6.07, 6.45) is 14.1. The van der Waals surface area contributed by atoms with Gasteiger partial charge in [0, 0.05) is 0 Å². The van der Waals surface area contributed by atoms with Gasteiger partial charge in [-0.15, -0.1) is 0 Å². The Morgan fingerprint density at radius 3 is 2.19 bits per heavy atom. The highest BCUT2D eigenvalue weighted by Gasteiger charge is 2.43. The van der Waals surface area contributed by atoms with Gasteiger partial charge in [0.1, 0.15) is 0 Å². The topological polar surface area (TPSA) is 20.2 Å². The minimum absolute atomic E-state index is 0.548. The van der Waals surface area contributed by atoms with Crippen LogP contribution in [-0.4, -0.2) is 5.11 Å². The van der Waals surface area contributed by atoms with Gasteiger partial charge in [0.05, 0.1) is 5.60 Å². The minimum atomic E-state index is -0.548. The Balaban J connectivity index is 1.52. The van der Waals surface area contributed by atoms with E-state index in [4.69, 9.17) is 0 Å². The summed E-state index contributed by atoms with van der Waals surface area (Å²) in [5, 5.41) is 11.2. The average Bonchev–Trinajstić information content (AvgIpc) is 2.90. The molecule has 3 fully saturated rings. The van der Waals surface area contributed by atoms with Gasteiger partial charge in [-0.25, -0.2) is 0 Å². The zero-order valence-electron chi connectivity index (χ0n) is 13.1. The molecule has 0 amide bonds. The number of hydrogen-bond acceptors (Lipinski definition) is 1. The quantitative estimate of drug-likeness (QED) is 0.783. The summed E-state index contributed by atoms with van der Waals surface area (Å²) in [6, 6.07) is 8.91. The van der Waals surface area contributed by atoms with Crippen LogP contribution in [0.4, 0.5) is 0 Å². The van der Waals surface area contributed by atoms with Crippen LogP contribution in [0.2, 0.25) is 0 Å². The summed E-state index contributed by atoms with van der Waals surface area (Å²) in [4.78, 5) is 0. The SMILES string of the molecule is OC1(c2cccc(C3CCC3)c2)CCC2(CCCC2)CC1. The zero-order valence-corrected chi connectivity index (χ0v) is 13.1. The fourth-order valence-electron chi connectivity index (χ4n) is 4.93. The summed E-state index contributed by atoms with van der Waals surface area (Å²) in [5.74, 6) is 0.762. The average molecular weight is 284 g/mol. The molecule has 3 aliphatic rings. The molecule has 1 N–H and O–H groups in total. The van der Waals surface area contributed by atoms with Gasteiger partial charge in [-0.05, 0) is 73.8 Å². The molecule has 0 aromatic heterocycles. The normalized spacial score (nSPS) is 27.7. The van der Waals surface area contributed by atoms with Crippen molar-refractivity contribution in [2.24, 2.45) is 5.41 Å². The lowest BCUT2D eigenvalue weighted by Crippen LogP contribution is -2.36. The van der Waals surface area contributed by atoms with Gasteiger partial charge in [-0.3, -0.25) is 0 Å². The first-order chi connectivity index (χ1) is 10.2. The van der Waals surface area contributed by atoms with E-state index in [1.165, 1.54) is 68.9 Å². The molecule has 21 heavy (non-hydrogen) atoms. The van der Waals surface area contributed by atoms with E-state index in [1.54, 1.807) is 0 Å². The Kier molecular flexibility index (Phi) is 3.37. The highest BCUT2D eigenvalue weighted by atomic mass is 16.3. The second-order valence-corrected chi connectivity index (χ2v) is 7.99. The summed E-state index contributed by atoms with van der Waals surface area (Å²) in [6.45, 7) is 0. The fraction of sp³-hybridized carbons (Fsp3) is 0.700. The standard InChI is InChI=1S/C20H28O/c21-20(13-11-19(12-14-20)9-1-2-10-19)18-8-4-7-17(15-18)16-5-3-6-16/h4,7-8,15-16,21H,1-3,5-6,9-14H2. The molecule has 1 nitrogen and oxygen atoms in total. The van der Waals surface area contributed by atoms with Crippen molar-refractivity contribution in [1.82, 2.24) is 0 Å². The molecular weight excluding hydrogens is 256 g/mol. The summed E-state index contributed by atoms with van der Waals surface area (Å²) in [5.41, 5.74) is 2.71. The molecule has 0 aliphatic heterocycles. The third kappa shape index (κ3) is 2.44. The van der Waals surface area contributed by atoms with Gasteiger partial charge in [0.25, 0.3) is 0 Å². The Morgan fingerprint density at radius 1 is 0.857 bits per heavy atom. The van der Waals surface area contributed by atoms with Crippen molar-refractivity contribution >= 4 is 0 Å². The molecule has 0 radical (unpaired) electrons. The molecule has 0 saturated heterocycles. The van der Waals surface area contributed by atoms with Gasteiger partial charge in [-0.1, -0.05) is 43.5 Å². The minimum Gasteiger partial charge on any atom is -0.385 e. The maximum absolute atomic E-state index is 11.2. The van der Waals surface area contributed by atoms with Crippen molar-refractivity contribution in [3.05, 3.63) is 35.4 Å². The number of aliphatic hydroxyl groups is 1. The highest BCUT2D eigenvalue weighted by Crippen LogP contribution is 2.53. The summed E-state index contributed by atoms with van der Waals surface area (Å²) < 4.78 is 0. The Bertz CT molecular complexity index is 498. The van der Waals surface area contributed by atoms with E-state index >= 15 is 0 Å². The van der Waals surface area contributed by atoms with Gasteiger partial charge in [0.2, 0.25) is 0 Å². The molecule has 3 aliphatic carbocycles. The van der Waals surface area contributed by atoms with Gasteiger partial charge in [0.15, 0.2) is 0 Å². The Morgan fingerprint density at radius 2 is 1.57 bits per heavy atom. The van der Waals surface area contributed by atoms with E-state index in [9.17, 15) is 5.11 Å². The summed E-state index contributed by atoms with van der Waals surface area (Å²) in [7, 11) is 0. The van der Waals surface area contributed by atoms with Gasteiger partial charge in [-0.2, -0.15) is 0 Å². The van der Waals surface area contributed by atoms with Crippen LogP contribution in [0.1, 0.15) is 87.7 Å². The molecule has 1 aromatic carbocycles. The maximum Gasteiger partial charge on any atom is 0.0897 e. The molecule has 1 aromatic rings. The van der Waals surface area contributed by atoms with E-state index in [0.29, 0.717) is 5.41 Å². The zero-order chi connectivity index (χ0) is 14.3. The number of benzene rings is 1. The highest BCUT2D eigenvalue weighted by molar-refractivity contribution is 5.32. The molecular formula is C20H28O. The van der Waals surface area contributed by atoms with Crippen molar-refractivity contribution in [3.8, 4) is 0 Å². The second-order valence-electron chi connectivity index (χ2n) is 7.99. The number of hydrogen-bond donors (Lipinski definition) is 1. The van der Waals surface area contributed by atoms with Crippen molar-refractivity contribution in [2.45, 2.75) is 82.1 Å². The largest absolute Gasteiger partial charge is 0.385 e. The molecule has 4 rings (SSSR count). The van der Waals surface area contributed by atoms with E-state index < -0.39 is 5.60 Å². The lowest BCUT2D eigenvalue weighted by Gasteiger charge is -2.42. The Hall–Kier alpha value is -0.820. The molecule has 0 heterocycles. The molecule has 0 bridgehead atoms. The van der Waals surface area contributed by atoms with Crippen LogP contribution >= 0.6 is 0 Å². The number of rotatable bonds is 2. The predicted octanol–water partition coefficient (Wildman–Crippen LogP) is 5.28. The Labute approximate surface area is 128 Å². The van der Waals surface area contributed by atoms with Crippen LogP contribution in [0.15, 0.2) is 24.3 Å². The third-order valence-corrected chi connectivity index (χ3v) is 6.80. The van der Waals surface area contributed by atoms with Gasteiger partial charge >= 0.3 is 0 Å². The molecule has 1 heteroatoms.